The molecule has 52 heavy (non-hydrogen) atoms. The number of hydrogen-bond acceptors (Lipinski definition) is 4. The topological polar surface area (TPSA) is 89.8 Å². The van der Waals surface area contributed by atoms with Crippen molar-refractivity contribution in [1.82, 2.24) is 5.32 Å². The lowest BCUT2D eigenvalue weighted by Crippen LogP contribution is -2.48. The first-order valence-corrected chi connectivity index (χ1v) is 22.8. The molecule has 0 saturated carbocycles. The third-order valence-corrected chi connectivity index (χ3v) is 10.5. The van der Waals surface area contributed by atoms with E-state index in [-0.39, 0.29) is 6.61 Å². The molecule has 0 spiro atoms. The van der Waals surface area contributed by atoms with E-state index < -0.39 is 24.2 Å². The first-order valence-electron chi connectivity index (χ1n) is 22.8. The van der Waals surface area contributed by atoms with Crippen molar-refractivity contribution in [2.24, 2.45) is 0 Å². The lowest BCUT2D eigenvalue weighted by molar-refractivity contribution is -0.131. The molecule has 0 aromatic carbocycles. The van der Waals surface area contributed by atoms with Crippen LogP contribution in [-0.4, -0.2) is 46.1 Å². The van der Waals surface area contributed by atoms with Crippen LogP contribution in [0.3, 0.4) is 0 Å². The molecule has 0 rings (SSSR count). The van der Waals surface area contributed by atoms with E-state index in [4.69, 9.17) is 0 Å². The lowest BCUT2D eigenvalue weighted by Gasteiger charge is -2.21. The van der Waals surface area contributed by atoms with Gasteiger partial charge in [0, 0.05) is 0 Å². The molecular formula is C47H89NO4. The molecule has 5 nitrogen and oxygen atoms in total. The number of aliphatic hydroxyl groups is 3. The Morgan fingerprint density at radius 3 is 1.19 bits per heavy atom. The van der Waals surface area contributed by atoms with Crippen LogP contribution in [0.25, 0.3) is 0 Å². The van der Waals surface area contributed by atoms with Crippen molar-refractivity contribution in [2.75, 3.05) is 6.61 Å². The number of carbonyl (C=O) groups is 1. The minimum Gasteiger partial charge on any atom is -0.394 e. The predicted octanol–water partition coefficient (Wildman–Crippen LogP) is 13.2. The second-order valence-electron chi connectivity index (χ2n) is 15.6. The van der Waals surface area contributed by atoms with Crippen molar-refractivity contribution in [3.8, 4) is 0 Å². The number of unbranched alkanes of at least 4 members (excludes halogenated alkanes) is 29. The summed E-state index contributed by atoms with van der Waals surface area (Å²) in [4.78, 5) is 12.4. The van der Waals surface area contributed by atoms with Crippen LogP contribution in [-0.2, 0) is 4.79 Å². The van der Waals surface area contributed by atoms with Crippen LogP contribution in [0.4, 0.5) is 0 Å². The van der Waals surface area contributed by atoms with Gasteiger partial charge in [0.15, 0.2) is 0 Å². The van der Waals surface area contributed by atoms with Crippen LogP contribution in [0.2, 0.25) is 0 Å². The van der Waals surface area contributed by atoms with Gasteiger partial charge in [0.2, 0.25) is 5.91 Å². The monoisotopic (exact) mass is 732 g/mol. The molecule has 0 bridgehead atoms. The minimum atomic E-state index is -1.11. The maximum Gasteiger partial charge on any atom is 0.249 e. The van der Waals surface area contributed by atoms with Crippen molar-refractivity contribution in [1.29, 1.82) is 0 Å². The second kappa shape index (κ2) is 42.3. The summed E-state index contributed by atoms with van der Waals surface area (Å²) in [7, 11) is 0. The average molecular weight is 732 g/mol. The molecule has 306 valence electrons. The van der Waals surface area contributed by atoms with Gasteiger partial charge in [0.25, 0.3) is 0 Å². The Morgan fingerprint density at radius 2 is 0.788 bits per heavy atom. The second-order valence-corrected chi connectivity index (χ2v) is 15.6. The van der Waals surface area contributed by atoms with Gasteiger partial charge >= 0.3 is 0 Å². The summed E-state index contributed by atoms with van der Waals surface area (Å²) in [6.45, 7) is 4.16. The number of nitrogens with one attached hydrogen (secondary N) is 1. The van der Waals surface area contributed by atoms with E-state index >= 15 is 0 Å². The normalized spacial score (nSPS) is 13.9. The third-order valence-electron chi connectivity index (χ3n) is 10.5. The fourth-order valence-electron chi connectivity index (χ4n) is 6.84. The summed E-state index contributed by atoms with van der Waals surface area (Å²) in [6, 6.07) is -0.816. The maximum atomic E-state index is 12.4. The molecule has 5 heteroatoms. The van der Waals surface area contributed by atoms with E-state index in [1.165, 1.54) is 167 Å². The highest BCUT2D eigenvalue weighted by Crippen LogP contribution is 2.15. The highest BCUT2D eigenvalue weighted by molar-refractivity contribution is 5.80. The fraction of sp³-hybridized carbons (Fsp3) is 0.851. The number of hydrogen-bond donors (Lipinski definition) is 4. The zero-order chi connectivity index (χ0) is 38.0. The summed E-state index contributed by atoms with van der Waals surface area (Å²) in [5, 5.41) is 33.1. The smallest absolute Gasteiger partial charge is 0.249 e. The Kier molecular flexibility index (Phi) is 41.1. The molecule has 0 aliphatic heterocycles. The van der Waals surface area contributed by atoms with Crippen LogP contribution in [0, 0.1) is 0 Å². The Bertz CT molecular complexity index is 809. The number of carbonyl (C=O) groups excluding carboxylic acids is 1. The van der Waals surface area contributed by atoms with Gasteiger partial charge in [-0.05, 0) is 57.8 Å². The summed E-state index contributed by atoms with van der Waals surface area (Å²) in [5.41, 5.74) is 0. The lowest BCUT2D eigenvalue weighted by atomic mass is 10.0. The van der Waals surface area contributed by atoms with Crippen LogP contribution in [0.15, 0.2) is 36.5 Å². The van der Waals surface area contributed by atoms with Gasteiger partial charge in [-0.15, -0.1) is 0 Å². The number of aliphatic hydroxyl groups excluding tert-OH is 3. The third kappa shape index (κ3) is 36.9. The molecule has 0 fully saturated rings. The van der Waals surface area contributed by atoms with Crippen LogP contribution >= 0.6 is 0 Å². The summed E-state index contributed by atoms with van der Waals surface area (Å²) in [6.07, 6.45) is 53.3. The van der Waals surface area contributed by atoms with Crippen molar-refractivity contribution >= 4 is 5.91 Å². The summed E-state index contributed by atoms with van der Waals surface area (Å²) < 4.78 is 0. The quantitative estimate of drug-likeness (QED) is 0.0372. The summed E-state index contributed by atoms with van der Waals surface area (Å²) in [5.74, 6) is -0.518. The molecule has 3 atom stereocenters. The van der Waals surface area contributed by atoms with E-state index in [1.54, 1.807) is 6.08 Å². The molecule has 0 aliphatic rings. The zero-order valence-corrected chi connectivity index (χ0v) is 34.7. The van der Waals surface area contributed by atoms with Crippen molar-refractivity contribution in [3.05, 3.63) is 36.5 Å². The molecule has 4 N–H and O–H groups in total. The molecule has 0 aromatic heterocycles. The summed E-state index contributed by atoms with van der Waals surface area (Å²) >= 11 is 0. The molecule has 0 aromatic rings. The molecule has 0 radical (unpaired) electrons. The van der Waals surface area contributed by atoms with Crippen LogP contribution < -0.4 is 5.32 Å². The largest absolute Gasteiger partial charge is 0.394 e. The molecule has 3 unspecified atom stereocenters. The number of rotatable bonds is 41. The first-order chi connectivity index (χ1) is 25.6. The van der Waals surface area contributed by atoms with E-state index in [1.807, 2.05) is 6.08 Å². The first kappa shape index (κ1) is 50.6. The maximum absolute atomic E-state index is 12.4. The van der Waals surface area contributed by atoms with E-state index in [0.717, 1.165) is 44.9 Å². The SMILES string of the molecule is CCCCCC/C=C\CCCCCCCCC(O)C(=O)NC(CO)C(O)/C=C/CC/C=C/CCCCCCCCCCCCCCCCCCCC. The van der Waals surface area contributed by atoms with Gasteiger partial charge in [-0.25, -0.2) is 0 Å². The van der Waals surface area contributed by atoms with E-state index in [2.05, 4.69) is 43.5 Å². The predicted molar refractivity (Wildman–Crippen MR) is 227 cm³/mol. The van der Waals surface area contributed by atoms with Gasteiger partial charge in [0.05, 0.1) is 18.8 Å². The Balaban J connectivity index is 3.68. The van der Waals surface area contributed by atoms with Crippen molar-refractivity contribution < 1.29 is 20.1 Å². The highest BCUT2D eigenvalue weighted by atomic mass is 16.3. The highest BCUT2D eigenvalue weighted by Gasteiger charge is 2.22. The zero-order valence-electron chi connectivity index (χ0n) is 34.7. The fourth-order valence-corrected chi connectivity index (χ4v) is 6.84. The minimum absolute atomic E-state index is 0.378. The van der Waals surface area contributed by atoms with E-state index in [0.29, 0.717) is 6.42 Å². The molecule has 0 heterocycles. The van der Waals surface area contributed by atoms with Crippen molar-refractivity contribution in [2.45, 2.75) is 250 Å². The Hall–Kier alpha value is -1.43. The number of allylic oxidation sites excluding steroid dienone is 5. The van der Waals surface area contributed by atoms with Crippen molar-refractivity contribution in [3.63, 3.8) is 0 Å². The Labute approximate surface area is 324 Å². The molecule has 0 saturated heterocycles. The average Bonchev–Trinajstić information content (AvgIpc) is 3.15. The molecular weight excluding hydrogens is 643 g/mol. The van der Waals surface area contributed by atoms with Gasteiger partial charge in [-0.3, -0.25) is 4.79 Å². The van der Waals surface area contributed by atoms with E-state index in [9.17, 15) is 20.1 Å². The van der Waals surface area contributed by atoms with Gasteiger partial charge in [-0.2, -0.15) is 0 Å². The number of amides is 1. The van der Waals surface area contributed by atoms with Crippen LogP contribution in [0.5, 0.6) is 0 Å². The Morgan fingerprint density at radius 1 is 0.462 bits per heavy atom. The molecule has 1 amide bonds. The standard InChI is InChI=1S/C47H89NO4/c1-3-5-7-9-11-13-15-17-19-20-21-22-23-24-25-26-27-28-30-31-33-35-37-39-41-45(50)44(43-49)48-47(52)46(51)42-40-38-36-34-32-29-18-16-14-12-10-8-6-4-2/h14,16,31,33,39,41,44-46,49-51H,3-13,15,17-30,32,34-38,40,42-43H2,1-2H3,(H,48,52)/b16-14-,33-31+,41-39+. The van der Waals surface area contributed by atoms with Gasteiger partial charge in [-0.1, -0.05) is 211 Å². The molecule has 0 aliphatic carbocycles. The van der Waals surface area contributed by atoms with Gasteiger partial charge < -0.3 is 20.6 Å². The van der Waals surface area contributed by atoms with Crippen LogP contribution in [0.1, 0.15) is 232 Å². The van der Waals surface area contributed by atoms with Gasteiger partial charge in [0.1, 0.15) is 6.10 Å².